The van der Waals surface area contributed by atoms with Gasteiger partial charge < -0.3 is 4.74 Å². The maximum Gasteiger partial charge on any atom is 0.280 e. The Morgan fingerprint density at radius 2 is 1.72 bits per heavy atom. The number of carbonyl (C=O) groups is 1. The lowest BCUT2D eigenvalue weighted by molar-refractivity contribution is -0.140. The number of halogens is 1. The van der Waals surface area contributed by atoms with Gasteiger partial charge in [0.25, 0.3) is 5.91 Å². The number of nitrogens with zero attached hydrogens (tertiary/aromatic N) is 2. The third-order valence-electron chi connectivity index (χ3n) is 5.44. The molecule has 0 radical (unpaired) electrons. The molecule has 1 amide bonds. The molecular weight excluding hydrogens is 424 g/mol. The van der Waals surface area contributed by atoms with Crippen LogP contribution in [0.1, 0.15) is 16.8 Å². The monoisotopic (exact) mass is 444 g/mol. The van der Waals surface area contributed by atoms with E-state index in [9.17, 15) is 4.79 Å². The molecule has 1 atom stereocenters. The second kappa shape index (κ2) is 9.09. The minimum atomic E-state index is -0.655. The fraction of sp³-hybridized carbons (Fsp3) is 0.154. The van der Waals surface area contributed by atoms with Gasteiger partial charge in [-0.1, -0.05) is 72.3 Å². The average Bonchev–Trinajstić information content (AvgIpc) is 2.82. The van der Waals surface area contributed by atoms with Crippen LogP contribution in [0.25, 0.3) is 10.9 Å². The molecule has 3 aromatic carbocycles. The average molecular weight is 445 g/mol. The summed E-state index contributed by atoms with van der Waals surface area (Å²) in [7, 11) is 0. The van der Waals surface area contributed by atoms with Gasteiger partial charge >= 0.3 is 0 Å². The number of hydrogen-bond donors (Lipinski definition) is 0. The van der Waals surface area contributed by atoms with Crippen molar-refractivity contribution >= 4 is 34.1 Å². The highest BCUT2D eigenvalue weighted by molar-refractivity contribution is 6.31. The molecule has 0 bridgehead atoms. The van der Waals surface area contributed by atoms with Gasteiger partial charge in [-0.05, 0) is 35.4 Å². The van der Waals surface area contributed by atoms with E-state index < -0.39 is 6.10 Å². The first kappa shape index (κ1) is 20.6. The van der Waals surface area contributed by atoms with Gasteiger partial charge in [0.1, 0.15) is 12.7 Å². The van der Waals surface area contributed by atoms with Crippen molar-refractivity contribution in [2.24, 2.45) is 0 Å². The molecule has 1 unspecified atom stereocenters. The van der Waals surface area contributed by atoms with E-state index in [2.05, 4.69) is 4.98 Å². The molecule has 0 fully saturated rings. The summed E-state index contributed by atoms with van der Waals surface area (Å²) in [5.41, 5.74) is 4.28. The van der Waals surface area contributed by atoms with E-state index in [-0.39, 0.29) is 12.5 Å². The fourth-order valence-electron chi connectivity index (χ4n) is 3.79. The zero-order chi connectivity index (χ0) is 21.9. The van der Waals surface area contributed by atoms with Crippen LogP contribution in [0.4, 0.5) is 5.69 Å². The summed E-state index contributed by atoms with van der Waals surface area (Å²) in [4.78, 5) is 23.8. The number of para-hydroxylation sites is 1. The Kier molecular flexibility index (Phi) is 5.86. The smallest absolute Gasteiger partial charge is 0.280 e. The molecule has 1 aliphatic heterocycles. The van der Waals surface area contributed by atoms with Crippen molar-refractivity contribution in [1.29, 1.82) is 0 Å². The van der Waals surface area contributed by atoms with Crippen molar-refractivity contribution in [3.63, 3.8) is 0 Å². The first-order valence-corrected chi connectivity index (χ1v) is 10.8. The predicted octanol–water partition coefficient (Wildman–Crippen LogP) is 5.49. The number of fused-ring (bicyclic) bond motifs is 2. The summed E-state index contributed by atoms with van der Waals surface area (Å²) in [5.74, 6) is -0.219. The Labute approximate surface area is 191 Å². The third-order valence-corrected chi connectivity index (χ3v) is 5.67. The highest BCUT2D eigenvalue weighted by atomic mass is 35.5. The van der Waals surface area contributed by atoms with E-state index in [1.54, 1.807) is 0 Å². The van der Waals surface area contributed by atoms with Crippen LogP contribution in [0.2, 0.25) is 5.02 Å². The first-order valence-electron chi connectivity index (χ1n) is 10.4. The molecular formula is C26H21ClN2O3. The molecule has 0 saturated carbocycles. The van der Waals surface area contributed by atoms with E-state index in [1.807, 2.05) is 84.9 Å². The lowest BCUT2D eigenvalue weighted by atomic mass is 10.0. The summed E-state index contributed by atoms with van der Waals surface area (Å²) in [6.07, 6.45) is -0.169. The number of carbonyl (C=O) groups excluding carboxylic acids is 1. The molecule has 0 N–H and O–H groups in total. The van der Waals surface area contributed by atoms with Gasteiger partial charge in [-0.2, -0.15) is 5.06 Å². The molecule has 0 saturated heterocycles. The topological polar surface area (TPSA) is 51.7 Å². The van der Waals surface area contributed by atoms with Crippen LogP contribution >= 0.6 is 11.6 Å². The van der Waals surface area contributed by atoms with Crippen molar-refractivity contribution in [3.8, 4) is 0 Å². The number of pyridine rings is 1. The second-order valence-corrected chi connectivity index (χ2v) is 8.10. The molecule has 1 aromatic heterocycles. The Morgan fingerprint density at radius 1 is 0.938 bits per heavy atom. The maximum absolute atomic E-state index is 13.2. The Hall–Kier alpha value is -3.25. The van der Waals surface area contributed by atoms with E-state index in [0.717, 1.165) is 33.4 Å². The lowest BCUT2D eigenvalue weighted by Crippen LogP contribution is -2.45. The largest absolute Gasteiger partial charge is 0.362 e. The fourth-order valence-corrected chi connectivity index (χ4v) is 3.96. The molecule has 1 aliphatic rings. The lowest BCUT2D eigenvalue weighted by Gasteiger charge is -2.32. The van der Waals surface area contributed by atoms with Gasteiger partial charge in [0.15, 0.2) is 0 Å². The minimum Gasteiger partial charge on any atom is -0.362 e. The van der Waals surface area contributed by atoms with Crippen LogP contribution in [0.5, 0.6) is 0 Å². The minimum absolute atomic E-state index is 0.216. The van der Waals surface area contributed by atoms with Gasteiger partial charge in [0.05, 0.1) is 23.5 Å². The third kappa shape index (κ3) is 4.36. The number of hydroxylamine groups is 1. The molecule has 4 aromatic rings. The quantitative estimate of drug-likeness (QED) is 0.394. The molecule has 0 aliphatic carbocycles. The van der Waals surface area contributed by atoms with E-state index in [0.29, 0.717) is 18.1 Å². The van der Waals surface area contributed by atoms with Crippen molar-refractivity contribution in [1.82, 2.24) is 4.98 Å². The van der Waals surface area contributed by atoms with Crippen LogP contribution in [0.3, 0.4) is 0 Å². The molecule has 160 valence electrons. The second-order valence-electron chi connectivity index (χ2n) is 7.66. The Balaban J connectivity index is 1.33. The number of rotatable bonds is 6. The van der Waals surface area contributed by atoms with Crippen LogP contribution in [0.15, 0.2) is 84.9 Å². The van der Waals surface area contributed by atoms with Gasteiger partial charge in [-0.25, -0.2) is 0 Å². The summed E-state index contributed by atoms with van der Waals surface area (Å²) >= 11 is 6.09. The van der Waals surface area contributed by atoms with Gasteiger partial charge in [-0.15, -0.1) is 0 Å². The number of amides is 1. The van der Waals surface area contributed by atoms with Crippen molar-refractivity contribution in [3.05, 3.63) is 107 Å². The standard InChI is InChI=1S/C26H21ClN2O3/c27-21-12-10-19-11-13-22(28-23(19)15-21)17-31-25-14-20-8-4-5-9-24(20)29(26(25)30)32-16-18-6-2-1-3-7-18/h1-13,15,25H,14,16-17H2. The summed E-state index contributed by atoms with van der Waals surface area (Å²) < 4.78 is 6.03. The summed E-state index contributed by atoms with van der Waals surface area (Å²) in [6, 6.07) is 27.0. The summed E-state index contributed by atoms with van der Waals surface area (Å²) in [6.45, 7) is 0.508. The van der Waals surface area contributed by atoms with Crippen molar-refractivity contribution < 1.29 is 14.4 Å². The van der Waals surface area contributed by atoms with Gasteiger partial charge in [0, 0.05) is 16.8 Å². The zero-order valence-electron chi connectivity index (χ0n) is 17.3. The number of anilines is 1. The normalized spacial score (nSPS) is 15.7. The highest BCUT2D eigenvalue weighted by Gasteiger charge is 2.34. The highest BCUT2D eigenvalue weighted by Crippen LogP contribution is 2.30. The van der Waals surface area contributed by atoms with E-state index in [1.165, 1.54) is 5.06 Å². The predicted molar refractivity (Wildman–Crippen MR) is 124 cm³/mol. The van der Waals surface area contributed by atoms with Crippen LogP contribution in [0, 0.1) is 0 Å². The molecule has 5 nitrogen and oxygen atoms in total. The molecule has 5 rings (SSSR count). The number of benzene rings is 3. The van der Waals surface area contributed by atoms with E-state index >= 15 is 0 Å². The Morgan fingerprint density at radius 3 is 2.59 bits per heavy atom. The summed E-state index contributed by atoms with van der Waals surface area (Å²) in [5, 5.41) is 3.00. The van der Waals surface area contributed by atoms with Crippen LogP contribution in [-0.4, -0.2) is 17.0 Å². The van der Waals surface area contributed by atoms with Gasteiger partial charge in [-0.3, -0.25) is 14.6 Å². The molecule has 32 heavy (non-hydrogen) atoms. The number of ether oxygens (including phenoxy) is 1. The van der Waals surface area contributed by atoms with Crippen LogP contribution in [-0.2, 0) is 34.0 Å². The maximum atomic E-state index is 13.2. The molecule has 6 heteroatoms. The Bertz CT molecular complexity index is 1260. The van der Waals surface area contributed by atoms with Crippen molar-refractivity contribution in [2.75, 3.05) is 5.06 Å². The van der Waals surface area contributed by atoms with E-state index in [4.69, 9.17) is 21.2 Å². The van der Waals surface area contributed by atoms with Crippen LogP contribution < -0.4 is 5.06 Å². The molecule has 0 spiro atoms. The first-order chi connectivity index (χ1) is 15.7. The SMILES string of the molecule is O=C1C(OCc2ccc3ccc(Cl)cc3n2)Cc2ccccc2N1OCc1ccccc1. The van der Waals surface area contributed by atoms with Gasteiger partial charge in [0.2, 0.25) is 0 Å². The number of aromatic nitrogens is 1. The number of hydrogen-bond acceptors (Lipinski definition) is 4. The zero-order valence-corrected chi connectivity index (χ0v) is 18.0. The molecule has 2 heterocycles. The van der Waals surface area contributed by atoms with Crippen molar-refractivity contribution in [2.45, 2.75) is 25.7 Å².